The van der Waals surface area contributed by atoms with Crippen LogP contribution in [-0.2, 0) is 0 Å². The number of hydrogen-bond donors (Lipinski definition) is 1. The highest BCUT2D eigenvalue weighted by Gasteiger charge is 2.13. The van der Waals surface area contributed by atoms with Gasteiger partial charge >= 0.3 is 0 Å². The Morgan fingerprint density at radius 1 is 1.07 bits per heavy atom. The van der Waals surface area contributed by atoms with Crippen LogP contribution in [0.25, 0.3) is 0 Å². The van der Waals surface area contributed by atoms with Gasteiger partial charge in [0.15, 0.2) is 0 Å². The van der Waals surface area contributed by atoms with Crippen LogP contribution in [0.2, 0.25) is 0 Å². The molecule has 0 saturated heterocycles. The van der Waals surface area contributed by atoms with E-state index in [-0.39, 0.29) is 0 Å². The summed E-state index contributed by atoms with van der Waals surface area (Å²) in [6.07, 6.45) is 1.26. The SMILES string of the molecule is CCC(C)CN(CC)CC(N)C(C)C. The van der Waals surface area contributed by atoms with Gasteiger partial charge in [0, 0.05) is 19.1 Å². The van der Waals surface area contributed by atoms with E-state index >= 15 is 0 Å². The molecule has 2 unspecified atom stereocenters. The Balaban J connectivity index is 3.89. The van der Waals surface area contributed by atoms with Gasteiger partial charge in [0.25, 0.3) is 0 Å². The lowest BCUT2D eigenvalue weighted by atomic mass is 10.0. The summed E-state index contributed by atoms with van der Waals surface area (Å²) in [6, 6.07) is 0.319. The van der Waals surface area contributed by atoms with Crippen LogP contribution >= 0.6 is 0 Å². The van der Waals surface area contributed by atoms with E-state index in [9.17, 15) is 0 Å². The standard InChI is InChI=1S/C12H28N2/c1-6-11(5)8-14(7-2)9-12(13)10(3)4/h10-12H,6-9,13H2,1-5H3. The van der Waals surface area contributed by atoms with Gasteiger partial charge in [-0.15, -0.1) is 0 Å². The number of nitrogens with two attached hydrogens (primary N) is 1. The minimum atomic E-state index is 0.319. The molecule has 2 heteroatoms. The Bertz CT molecular complexity index is 134. The van der Waals surface area contributed by atoms with Crippen molar-refractivity contribution in [3.05, 3.63) is 0 Å². The molecule has 0 saturated carbocycles. The third-order valence-electron chi connectivity index (χ3n) is 3.04. The van der Waals surface area contributed by atoms with Crippen LogP contribution in [0.1, 0.15) is 41.0 Å². The summed E-state index contributed by atoms with van der Waals surface area (Å²) in [6.45, 7) is 14.5. The molecule has 14 heavy (non-hydrogen) atoms. The van der Waals surface area contributed by atoms with Crippen LogP contribution in [0.5, 0.6) is 0 Å². The smallest absolute Gasteiger partial charge is 0.0191 e. The number of rotatable bonds is 7. The fourth-order valence-electron chi connectivity index (χ4n) is 1.41. The zero-order valence-corrected chi connectivity index (χ0v) is 10.6. The predicted octanol–water partition coefficient (Wildman–Crippen LogP) is 2.34. The summed E-state index contributed by atoms with van der Waals surface area (Å²) in [5.74, 6) is 1.37. The quantitative estimate of drug-likeness (QED) is 0.683. The molecule has 0 aromatic rings. The second-order valence-electron chi connectivity index (χ2n) is 4.77. The molecular formula is C12H28N2. The van der Waals surface area contributed by atoms with Crippen LogP contribution < -0.4 is 5.73 Å². The average Bonchev–Trinajstić information content (AvgIpc) is 2.16. The largest absolute Gasteiger partial charge is 0.326 e. The Kier molecular flexibility index (Phi) is 7.20. The minimum absolute atomic E-state index is 0.319. The van der Waals surface area contributed by atoms with Crippen molar-refractivity contribution in [1.82, 2.24) is 4.90 Å². The molecule has 0 heterocycles. The highest BCUT2D eigenvalue weighted by Crippen LogP contribution is 2.07. The summed E-state index contributed by atoms with van der Waals surface area (Å²) in [7, 11) is 0. The number of likely N-dealkylation sites (N-methyl/N-ethyl adjacent to an activating group) is 1. The molecule has 86 valence electrons. The summed E-state index contributed by atoms with van der Waals surface area (Å²) >= 11 is 0. The van der Waals surface area contributed by atoms with Gasteiger partial charge < -0.3 is 10.6 Å². The first-order valence-corrected chi connectivity index (χ1v) is 5.99. The molecule has 0 amide bonds. The van der Waals surface area contributed by atoms with Crippen LogP contribution in [-0.4, -0.2) is 30.6 Å². The fraction of sp³-hybridized carbons (Fsp3) is 1.00. The van der Waals surface area contributed by atoms with Crippen LogP contribution in [0.15, 0.2) is 0 Å². The van der Waals surface area contributed by atoms with Crippen LogP contribution in [0.3, 0.4) is 0 Å². The van der Waals surface area contributed by atoms with Crippen LogP contribution in [0, 0.1) is 11.8 Å². The van der Waals surface area contributed by atoms with E-state index in [2.05, 4.69) is 39.5 Å². The summed E-state index contributed by atoms with van der Waals surface area (Å²) in [5.41, 5.74) is 6.07. The summed E-state index contributed by atoms with van der Waals surface area (Å²) in [4.78, 5) is 2.47. The molecule has 0 spiro atoms. The molecule has 0 bridgehead atoms. The Morgan fingerprint density at radius 3 is 2.00 bits per heavy atom. The van der Waals surface area contributed by atoms with Crippen molar-refractivity contribution in [2.45, 2.75) is 47.1 Å². The lowest BCUT2D eigenvalue weighted by Crippen LogP contribution is -2.42. The lowest BCUT2D eigenvalue weighted by molar-refractivity contribution is 0.217. The maximum Gasteiger partial charge on any atom is 0.0191 e. The number of nitrogens with zero attached hydrogens (tertiary/aromatic N) is 1. The molecule has 0 rings (SSSR count). The van der Waals surface area contributed by atoms with E-state index < -0.39 is 0 Å². The maximum atomic E-state index is 6.07. The first-order valence-electron chi connectivity index (χ1n) is 5.99. The molecule has 0 fully saturated rings. The Labute approximate surface area is 89.9 Å². The van der Waals surface area contributed by atoms with Gasteiger partial charge in [-0.3, -0.25) is 0 Å². The lowest BCUT2D eigenvalue weighted by Gasteiger charge is -2.28. The van der Waals surface area contributed by atoms with Gasteiger partial charge in [0.05, 0.1) is 0 Å². The normalized spacial score (nSPS) is 16.3. The maximum absolute atomic E-state index is 6.07. The first-order chi connectivity index (χ1) is 6.51. The molecule has 0 aliphatic rings. The summed E-state index contributed by atoms with van der Waals surface area (Å²) < 4.78 is 0. The van der Waals surface area contributed by atoms with Gasteiger partial charge in [-0.05, 0) is 18.4 Å². The van der Waals surface area contributed by atoms with Gasteiger partial charge in [-0.2, -0.15) is 0 Å². The highest BCUT2D eigenvalue weighted by atomic mass is 15.1. The van der Waals surface area contributed by atoms with E-state index in [4.69, 9.17) is 5.73 Å². The van der Waals surface area contributed by atoms with E-state index in [1.54, 1.807) is 0 Å². The van der Waals surface area contributed by atoms with Crippen molar-refractivity contribution in [2.75, 3.05) is 19.6 Å². The van der Waals surface area contributed by atoms with Crippen molar-refractivity contribution in [3.8, 4) is 0 Å². The fourth-order valence-corrected chi connectivity index (χ4v) is 1.41. The molecule has 2 atom stereocenters. The summed E-state index contributed by atoms with van der Waals surface area (Å²) in [5, 5.41) is 0. The second kappa shape index (κ2) is 7.24. The predicted molar refractivity (Wildman–Crippen MR) is 64.4 cm³/mol. The van der Waals surface area contributed by atoms with Crippen molar-refractivity contribution in [2.24, 2.45) is 17.6 Å². The second-order valence-corrected chi connectivity index (χ2v) is 4.77. The monoisotopic (exact) mass is 200 g/mol. The molecule has 0 aromatic heterocycles. The Hall–Kier alpha value is -0.0800. The molecular weight excluding hydrogens is 172 g/mol. The van der Waals surface area contributed by atoms with Gasteiger partial charge in [-0.1, -0.05) is 41.0 Å². The molecule has 0 radical (unpaired) electrons. The van der Waals surface area contributed by atoms with Gasteiger partial charge in [0.1, 0.15) is 0 Å². The van der Waals surface area contributed by atoms with Crippen molar-refractivity contribution >= 4 is 0 Å². The zero-order chi connectivity index (χ0) is 11.1. The molecule has 0 aliphatic carbocycles. The van der Waals surface area contributed by atoms with E-state index in [0.717, 1.165) is 19.0 Å². The van der Waals surface area contributed by atoms with Crippen molar-refractivity contribution in [1.29, 1.82) is 0 Å². The minimum Gasteiger partial charge on any atom is -0.326 e. The van der Waals surface area contributed by atoms with Gasteiger partial charge in [0.2, 0.25) is 0 Å². The topological polar surface area (TPSA) is 29.3 Å². The Morgan fingerprint density at radius 2 is 1.64 bits per heavy atom. The number of hydrogen-bond acceptors (Lipinski definition) is 2. The van der Waals surface area contributed by atoms with E-state index in [1.165, 1.54) is 13.0 Å². The molecule has 0 aromatic carbocycles. The zero-order valence-electron chi connectivity index (χ0n) is 10.6. The van der Waals surface area contributed by atoms with E-state index in [0.29, 0.717) is 12.0 Å². The van der Waals surface area contributed by atoms with E-state index in [1.807, 2.05) is 0 Å². The highest BCUT2D eigenvalue weighted by molar-refractivity contribution is 4.71. The molecule has 2 N–H and O–H groups in total. The van der Waals surface area contributed by atoms with Gasteiger partial charge in [-0.25, -0.2) is 0 Å². The van der Waals surface area contributed by atoms with Crippen LogP contribution in [0.4, 0.5) is 0 Å². The third-order valence-corrected chi connectivity index (χ3v) is 3.04. The molecule has 0 aliphatic heterocycles. The first kappa shape index (κ1) is 13.9. The average molecular weight is 200 g/mol. The van der Waals surface area contributed by atoms with Crippen molar-refractivity contribution in [3.63, 3.8) is 0 Å². The third kappa shape index (κ3) is 5.61. The molecule has 2 nitrogen and oxygen atoms in total. The van der Waals surface area contributed by atoms with Crippen molar-refractivity contribution < 1.29 is 0 Å².